The van der Waals surface area contributed by atoms with Gasteiger partial charge in [0.2, 0.25) is 0 Å². The van der Waals surface area contributed by atoms with Crippen molar-refractivity contribution in [1.82, 2.24) is 10.2 Å². The lowest BCUT2D eigenvalue weighted by Crippen LogP contribution is -2.46. The van der Waals surface area contributed by atoms with E-state index < -0.39 is 0 Å². The highest BCUT2D eigenvalue weighted by Gasteiger charge is 2.33. The van der Waals surface area contributed by atoms with Gasteiger partial charge >= 0.3 is 0 Å². The van der Waals surface area contributed by atoms with Gasteiger partial charge in [-0.3, -0.25) is 4.79 Å². The molecule has 3 fully saturated rings. The average molecular weight is 252 g/mol. The molecule has 1 saturated carbocycles. The molecule has 1 unspecified atom stereocenters. The summed E-state index contributed by atoms with van der Waals surface area (Å²) in [6.45, 7) is 3.71. The molecule has 4 nitrogen and oxygen atoms in total. The summed E-state index contributed by atoms with van der Waals surface area (Å²) >= 11 is 0. The molecule has 0 aromatic rings. The molecular formula is C14H24N2O2. The van der Waals surface area contributed by atoms with E-state index in [1.54, 1.807) is 0 Å². The molecule has 0 spiro atoms. The Bertz CT molecular complexity index is 292. The highest BCUT2D eigenvalue weighted by Crippen LogP contribution is 2.30. The molecule has 3 aliphatic rings. The largest absolute Gasteiger partial charge is 0.368 e. The predicted octanol–water partition coefficient (Wildman–Crippen LogP) is 1.16. The maximum atomic E-state index is 12.5. The molecule has 3 rings (SSSR count). The molecule has 2 atom stereocenters. The third-order valence-electron chi connectivity index (χ3n) is 4.30. The zero-order valence-electron chi connectivity index (χ0n) is 11.1. The first kappa shape index (κ1) is 12.4. The number of carbonyl (C=O) groups excluding carboxylic acids is 1. The van der Waals surface area contributed by atoms with Crippen LogP contribution in [0.25, 0.3) is 0 Å². The van der Waals surface area contributed by atoms with Crippen molar-refractivity contribution in [3.63, 3.8) is 0 Å². The van der Waals surface area contributed by atoms with Crippen molar-refractivity contribution in [2.45, 2.75) is 50.7 Å². The van der Waals surface area contributed by atoms with E-state index in [9.17, 15) is 4.79 Å². The summed E-state index contributed by atoms with van der Waals surface area (Å²) in [5.74, 6) is 1.00. The maximum absolute atomic E-state index is 12.5. The molecule has 2 saturated heterocycles. The first-order valence-corrected chi connectivity index (χ1v) is 7.46. The van der Waals surface area contributed by atoms with Gasteiger partial charge in [0.15, 0.2) is 0 Å². The maximum Gasteiger partial charge on any atom is 0.251 e. The van der Waals surface area contributed by atoms with Crippen LogP contribution < -0.4 is 5.32 Å². The summed E-state index contributed by atoms with van der Waals surface area (Å²) in [6.07, 6.45) is 6.86. The lowest BCUT2D eigenvalue weighted by atomic mass is 10.1. The summed E-state index contributed by atoms with van der Waals surface area (Å²) in [5.41, 5.74) is 0. The van der Waals surface area contributed by atoms with E-state index >= 15 is 0 Å². The molecule has 18 heavy (non-hydrogen) atoms. The van der Waals surface area contributed by atoms with Gasteiger partial charge in [0.1, 0.15) is 6.10 Å². The number of nitrogens with one attached hydrogen (secondary N) is 1. The molecular weight excluding hydrogens is 228 g/mol. The van der Waals surface area contributed by atoms with Gasteiger partial charge in [-0.15, -0.1) is 0 Å². The summed E-state index contributed by atoms with van der Waals surface area (Å²) in [7, 11) is 0. The van der Waals surface area contributed by atoms with Gasteiger partial charge in [-0.2, -0.15) is 0 Å². The molecule has 0 bridgehead atoms. The summed E-state index contributed by atoms with van der Waals surface area (Å²) in [4.78, 5) is 14.5. The Morgan fingerprint density at radius 3 is 2.67 bits per heavy atom. The lowest BCUT2D eigenvalue weighted by molar-refractivity contribution is -0.141. The fraction of sp³-hybridized carbons (Fsp3) is 0.929. The smallest absolute Gasteiger partial charge is 0.251 e. The zero-order chi connectivity index (χ0) is 12.4. The molecule has 4 heteroatoms. The number of hydrogen-bond donors (Lipinski definition) is 1. The Labute approximate surface area is 109 Å². The van der Waals surface area contributed by atoms with Crippen molar-refractivity contribution >= 4 is 5.91 Å². The van der Waals surface area contributed by atoms with Crippen LogP contribution >= 0.6 is 0 Å². The standard InChI is InChI=1S/C14H24N2O2/c17-14(13-4-2-8-18-13)16(9-11-5-6-11)10-12-3-1-7-15-12/h11-13,15H,1-10H2/t12?,13-/m0/s1. The third kappa shape index (κ3) is 3.04. The van der Waals surface area contributed by atoms with Crippen LogP contribution in [-0.4, -0.2) is 49.2 Å². The van der Waals surface area contributed by atoms with Gasteiger partial charge in [-0.05, 0) is 51.0 Å². The number of amides is 1. The van der Waals surface area contributed by atoms with E-state index in [4.69, 9.17) is 4.74 Å². The highest BCUT2D eigenvalue weighted by molar-refractivity contribution is 5.81. The zero-order valence-corrected chi connectivity index (χ0v) is 11.1. The van der Waals surface area contributed by atoms with Gasteiger partial charge in [0.05, 0.1) is 0 Å². The second-order valence-corrected chi connectivity index (χ2v) is 5.98. The van der Waals surface area contributed by atoms with Gasteiger partial charge in [0, 0.05) is 25.7 Å². The van der Waals surface area contributed by atoms with Crippen LogP contribution in [0.15, 0.2) is 0 Å². The minimum Gasteiger partial charge on any atom is -0.368 e. The van der Waals surface area contributed by atoms with Crippen molar-refractivity contribution in [3.05, 3.63) is 0 Å². The molecule has 0 aromatic carbocycles. The Hall–Kier alpha value is -0.610. The lowest BCUT2D eigenvalue weighted by Gasteiger charge is -2.28. The topological polar surface area (TPSA) is 41.6 Å². The van der Waals surface area contributed by atoms with E-state index in [2.05, 4.69) is 10.2 Å². The number of ether oxygens (including phenoxy) is 1. The van der Waals surface area contributed by atoms with E-state index in [1.165, 1.54) is 25.7 Å². The Balaban J connectivity index is 1.57. The minimum absolute atomic E-state index is 0.148. The van der Waals surface area contributed by atoms with Crippen LogP contribution in [0.1, 0.15) is 38.5 Å². The molecule has 0 aromatic heterocycles. The minimum atomic E-state index is -0.148. The quantitative estimate of drug-likeness (QED) is 0.798. The van der Waals surface area contributed by atoms with Crippen LogP contribution in [0.2, 0.25) is 0 Å². The van der Waals surface area contributed by atoms with Crippen molar-refractivity contribution in [1.29, 1.82) is 0 Å². The summed E-state index contributed by atoms with van der Waals surface area (Å²) < 4.78 is 5.55. The van der Waals surface area contributed by atoms with Crippen LogP contribution in [0.4, 0.5) is 0 Å². The van der Waals surface area contributed by atoms with Gasteiger partial charge < -0.3 is 15.0 Å². The molecule has 102 valence electrons. The number of carbonyl (C=O) groups is 1. The highest BCUT2D eigenvalue weighted by atomic mass is 16.5. The predicted molar refractivity (Wildman–Crippen MR) is 69.3 cm³/mol. The third-order valence-corrected chi connectivity index (χ3v) is 4.30. The van der Waals surface area contributed by atoms with Crippen LogP contribution in [0.3, 0.4) is 0 Å². The molecule has 1 N–H and O–H groups in total. The first-order valence-electron chi connectivity index (χ1n) is 7.46. The second kappa shape index (κ2) is 5.57. The van der Waals surface area contributed by atoms with Gasteiger partial charge in [0.25, 0.3) is 5.91 Å². The molecule has 0 radical (unpaired) electrons. The fourth-order valence-electron chi connectivity index (χ4n) is 3.02. The van der Waals surface area contributed by atoms with Crippen LogP contribution in [0, 0.1) is 5.92 Å². The van der Waals surface area contributed by atoms with Crippen molar-refractivity contribution in [2.24, 2.45) is 5.92 Å². The summed E-state index contributed by atoms with van der Waals surface area (Å²) in [5, 5.41) is 3.49. The normalized spacial score (nSPS) is 31.8. The van der Waals surface area contributed by atoms with E-state index in [0.717, 1.165) is 45.0 Å². The first-order chi connectivity index (χ1) is 8.83. The number of rotatable bonds is 5. The van der Waals surface area contributed by atoms with Crippen LogP contribution in [-0.2, 0) is 9.53 Å². The van der Waals surface area contributed by atoms with Crippen molar-refractivity contribution < 1.29 is 9.53 Å². The van der Waals surface area contributed by atoms with E-state index in [1.807, 2.05) is 0 Å². The van der Waals surface area contributed by atoms with Gasteiger partial charge in [-0.25, -0.2) is 0 Å². The monoisotopic (exact) mass is 252 g/mol. The number of hydrogen-bond acceptors (Lipinski definition) is 3. The molecule has 1 amide bonds. The van der Waals surface area contributed by atoms with E-state index in [0.29, 0.717) is 6.04 Å². The second-order valence-electron chi connectivity index (χ2n) is 5.98. The molecule has 1 aliphatic carbocycles. The number of nitrogens with zero attached hydrogens (tertiary/aromatic N) is 1. The van der Waals surface area contributed by atoms with Crippen LogP contribution in [0.5, 0.6) is 0 Å². The molecule has 2 heterocycles. The average Bonchev–Trinajstić information content (AvgIpc) is 2.88. The summed E-state index contributed by atoms with van der Waals surface area (Å²) in [6, 6.07) is 0.508. The van der Waals surface area contributed by atoms with Gasteiger partial charge in [-0.1, -0.05) is 0 Å². The Morgan fingerprint density at radius 1 is 1.17 bits per heavy atom. The fourth-order valence-corrected chi connectivity index (χ4v) is 3.02. The molecule has 2 aliphatic heterocycles. The Kier molecular flexibility index (Phi) is 3.85. The Morgan fingerprint density at radius 2 is 2.06 bits per heavy atom. The SMILES string of the molecule is O=C([C@@H]1CCCO1)N(CC1CC1)CC1CCCN1. The van der Waals surface area contributed by atoms with E-state index in [-0.39, 0.29) is 12.0 Å². The van der Waals surface area contributed by atoms with Crippen molar-refractivity contribution in [2.75, 3.05) is 26.2 Å². The van der Waals surface area contributed by atoms with Crippen molar-refractivity contribution in [3.8, 4) is 0 Å².